The van der Waals surface area contributed by atoms with Gasteiger partial charge < -0.3 is 4.74 Å². The highest BCUT2D eigenvalue weighted by Gasteiger charge is 2.24. The van der Waals surface area contributed by atoms with Crippen LogP contribution in [0, 0.1) is 13.8 Å². The molecule has 1 atom stereocenters. The van der Waals surface area contributed by atoms with Crippen molar-refractivity contribution in [1.82, 2.24) is 14.9 Å². The maximum atomic E-state index is 12.2. The normalized spacial score (nSPS) is 13.8. The third kappa shape index (κ3) is 3.78. The van der Waals surface area contributed by atoms with Crippen LogP contribution >= 0.6 is 15.9 Å². The summed E-state index contributed by atoms with van der Waals surface area (Å²) in [6.45, 7) is 3.85. The SMILES string of the molecule is COCCC(CBr)NS(=O)(=O)c1c(C)n[nH]c1C. The number of sulfonamides is 1. The molecule has 0 saturated carbocycles. The van der Waals surface area contributed by atoms with Gasteiger partial charge in [-0.3, -0.25) is 5.10 Å². The molecule has 1 heterocycles. The zero-order valence-electron chi connectivity index (χ0n) is 10.7. The smallest absolute Gasteiger partial charge is 0.244 e. The Kier molecular flexibility index (Phi) is 5.77. The fraction of sp³-hybridized carbons (Fsp3) is 0.700. The van der Waals surface area contributed by atoms with Crippen LogP contribution in [0.5, 0.6) is 0 Å². The van der Waals surface area contributed by atoms with Crippen LogP contribution in [0.25, 0.3) is 0 Å². The zero-order chi connectivity index (χ0) is 13.8. The fourth-order valence-corrected chi connectivity index (χ4v) is 3.98. The van der Waals surface area contributed by atoms with Gasteiger partial charge in [0.05, 0.1) is 11.4 Å². The summed E-state index contributed by atoms with van der Waals surface area (Å²) >= 11 is 3.29. The number of nitrogens with one attached hydrogen (secondary N) is 2. The summed E-state index contributed by atoms with van der Waals surface area (Å²) in [5.41, 5.74) is 1.01. The van der Waals surface area contributed by atoms with E-state index in [9.17, 15) is 8.42 Å². The van der Waals surface area contributed by atoms with Gasteiger partial charge in [0.2, 0.25) is 10.0 Å². The summed E-state index contributed by atoms with van der Waals surface area (Å²) in [5.74, 6) is 0. The van der Waals surface area contributed by atoms with Crippen LogP contribution in [0.1, 0.15) is 17.8 Å². The van der Waals surface area contributed by atoms with Crippen molar-refractivity contribution in [2.75, 3.05) is 19.0 Å². The highest BCUT2D eigenvalue weighted by molar-refractivity contribution is 9.09. The molecular formula is C10H18BrN3O3S. The topological polar surface area (TPSA) is 84.1 Å². The van der Waals surface area contributed by atoms with Gasteiger partial charge in [0, 0.05) is 25.1 Å². The molecule has 0 aromatic carbocycles. The number of aryl methyl sites for hydroxylation is 2. The summed E-state index contributed by atoms with van der Waals surface area (Å²) < 4.78 is 32.1. The molecule has 1 unspecified atom stereocenters. The molecule has 0 fully saturated rings. The molecule has 8 heteroatoms. The number of aromatic amines is 1. The van der Waals surface area contributed by atoms with E-state index in [1.807, 2.05) is 0 Å². The molecule has 0 bridgehead atoms. The van der Waals surface area contributed by atoms with Gasteiger partial charge >= 0.3 is 0 Å². The molecule has 18 heavy (non-hydrogen) atoms. The lowest BCUT2D eigenvalue weighted by Crippen LogP contribution is -2.37. The Balaban J connectivity index is 2.87. The number of halogens is 1. The van der Waals surface area contributed by atoms with Crippen LogP contribution in [0.4, 0.5) is 0 Å². The van der Waals surface area contributed by atoms with Crippen molar-refractivity contribution in [2.45, 2.75) is 31.2 Å². The van der Waals surface area contributed by atoms with Crippen molar-refractivity contribution in [3.05, 3.63) is 11.4 Å². The van der Waals surface area contributed by atoms with E-state index in [1.54, 1.807) is 21.0 Å². The molecule has 1 rings (SSSR count). The minimum absolute atomic E-state index is 0.205. The third-order valence-electron chi connectivity index (χ3n) is 2.51. The lowest BCUT2D eigenvalue weighted by Gasteiger charge is -2.16. The monoisotopic (exact) mass is 339 g/mol. The van der Waals surface area contributed by atoms with E-state index in [4.69, 9.17) is 4.74 Å². The van der Waals surface area contributed by atoms with E-state index < -0.39 is 10.0 Å². The van der Waals surface area contributed by atoms with Gasteiger partial charge in [-0.1, -0.05) is 15.9 Å². The molecule has 0 aliphatic heterocycles. The van der Waals surface area contributed by atoms with Crippen molar-refractivity contribution >= 4 is 26.0 Å². The van der Waals surface area contributed by atoms with Crippen LogP contribution in [-0.4, -0.2) is 43.7 Å². The van der Waals surface area contributed by atoms with Crippen LogP contribution in [0.3, 0.4) is 0 Å². The van der Waals surface area contributed by atoms with Crippen LogP contribution in [0.15, 0.2) is 4.90 Å². The summed E-state index contributed by atoms with van der Waals surface area (Å²) in [6.07, 6.45) is 0.608. The van der Waals surface area contributed by atoms with Gasteiger partial charge in [-0.25, -0.2) is 13.1 Å². The van der Waals surface area contributed by atoms with E-state index in [2.05, 4.69) is 30.8 Å². The van der Waals surface area contributed by atoms with Gasteiger partial charge in [0.15, 0.2) is 0 Å². The number of aromatic nitrogens is 2. The summed E-state index contributed by atoms with van der Waals surface area (Å²) in [6, 6.07) is -0.205. The number of alkyl halides is 1. The maximum absolute atomic E-state index is 12.2. The van der Waals surface area contributed by atoms with Crippen molar-refractivity contribution in [3.8, 4) is 0 Å². The Labute approximate surface area is 116 Å². The predicted molar refractivity (Wildman–Crippen MR) is 72.5 cm³/mol. The first-order chi connectivity index (χ1) is 8.42. The summed E-state index contributed by atoms with van der Waals surface area (Å²) in [4.78, 5) is 0.228. The van der Waals surface area contributed by atoms with Crippen molar-refractivity contribution < 1.29 is 13.2 Å². The predicted octanol–water partition coefficient (Wildman–Crippen LogP) is 1.10. The Morgan fingerprint density at radius 3 is 2.61 bits per heavy atom. The van der Waals surface area contributed by atoms with Crippen molar-refractivity contribution in [3.63, 3.8) is 0 Å². The van der Waals surface area contributed by atoms with E-state index in [0.717, 1.165) is 0 Å². The zero-order valence-corrected chi connectivity index (χ0v) is 13.1. The van der Waals surface area contributed by atoms with E-state index in [-0.39, 0.29) is 10.9 Å². The summed E-state index contributed by atoms with van der Waals surface area (Å²) in [5, 5.41) is 7.10. The Hall–Kier alpha value is -0.440. The number of nitrogens with zero attached hydrogens (tertiary/aromatic N) is 1. The summed E-state index contributed by atoms with van der Waals surface area (Å²) in [7, 11) is -1.96. The Morgan fingerprint density at radius 2 is 2.17 bits per heavy atom. The molecule has 0 amide bonds. The number of rotatable bonds is 7. The molecule has 0 saturated heterocycles. The van der Waals surface area contributed by atoms with Gasteiger partial charge in [-0.05, 0) is 20.3 Å². The second-order valence-corrected chi connectivity index (χ2v) is 6.32. The Morgan fingerprint density at radius 1 is 1.50 bits per heavy atom. The molecular weight excluding hydrogens is 322 g/mol. The molecule has 0 radical (unpaired) electrons. The second-order valence-electron chi connectivity index (χ2n) is 4.02. The number of H-pyrrole nitrogens is 1. The first kappa shape index (κ1) is 15.6. The number of hydrogen-bond acceptors (Lipinski definition) is 4. The molecule has 1 aromatic heterocycles. The van der Waals surface area contributed by atoms with Crippen LogP contribution in [0.2, 0.25) is 0 Å². The average Bonchev–Trinajstić information content (AvgIpc) is 2.64. The fourth-order valence-electron chi connectivity index (χ4n) is 1.64. The highest BCUT2D eigenvalue weighted by atomic mass is 79.9. The van der Waals surface area contributed by atoms with Gasteiger partial charge in [0.1, 0.15) is 4.90 Å². The number of methoxy groups -OCH3 is 1. The van der Waals surface area contributed by atoms with E-state index in [0.29, 0.717) is 29.7 Å². The lowest BCUT2D eigenvalue weighted by molar-refractivity contribution is 0.188. The van der Waals surface area contributed by atoms with Gasteiger partial charge in [-0.15, -0.1) is 0 Å². The first-order valence-electron chi connectivity index (χ1n) is 5.51. The molecule has 104 valence electrons. The van der Waals surface area contributed by atoms with Crippen molar-refractivity contribution in [2.24, 2.45) is 0 Å². The largest absolute Gasteiger partial charge is 0.385 e. The highest BCUT2D eigenvalue weighted by Crippen LogP contribution is 2.17. The van der Waals surface area contributed by atoms with Gasteiger partial charge in [0.25, 0.3) is 0 Å². The minimum atomic E-state index is -3.55. The molecule has 2 N–H and O–H groups in total. The number of ether oxygens (including phenoxy) is 1. The number of hydrogen-bond donors (Lipinski definition) is 2. The van der Waals surface area contributed by atoms with Crippen LogP contribution < -0.4 is 4.72 Å². The van der Waals surface area contributed by atoms with E-state index >= 15 is 0 Å². The van der Waals surface area contributed by atoms with Gasteiger partial charge in [-0.2, -0.15) is 5.10 Å². The van der Waals surface area contributed by atoms with Crippen LogP contribution in [-0.2, 0) is 14.8 Å². The standard InChI is InChI=1S/C10H18BrN3O3S/c1-7-10(8(2)13-12-7)18(15,16)14-9(6-11)4-5-17-3/h9,14H,4-6H2,1-3H3,(H,12,13). The Bertz CT molecular complexity index is 467. The molecule has 6 nitrogen and oxygen atoms in total. The first-order valence-corrected chi connectivity index (χ1v) is 8.11. The van der Waals surface area contributed by atoms with E-state index in [1.165, 1.54) is 0 Å². The average molecular weight is 340 g/mol. The molecule has 1 aromatic rings. The lowest BCUT2D eigenvalue weighted by atomic mass is 10.3. The molecule has 0 aliphatic carbocycles. The second kappa shape index (κ2) is 6.65. The molecule has 0 aliphatic rings. The maximum Gasteiger partial charge on any atom is 0.244 e. The van der Waals surface area contributed by atoms with Crippen molar-refractivity contribution in [1.29, 1.82) is 0 Å². The third-order valence-corrected chi connectivity index (χ3v) is 5.07. The minimum Gasteiger partial charge on any atom is -0.385 e. The quantitative estimate of drug-likeness (QED) is 0.728. The molecule has 0 spiro atoms.